The molecule has 4 rings (SSSR count). The van der Waals surface area contributed by atoms with E-state index in [0.29, 0.717) is 5.92 Å². The number of ether oxygens (including phenoxy) is 1. The molecule has 0 radical (unpaired) electrons. The highest BCUT2D eigenvalue weighted by Gasteiger charge is 2.35. The Morgan fingerprint density at radius 2 is 1.88 bits per heavy atom. The van der Waals surface area contributed by atoms with Gasteiger partial charge in [-0.2, -0.15) is 5.10 Å². The van der Waals surface area contributed by atoms with Crippen molar-refractivity contribution in [1.82, 2.24) is 14.7 Å². The summed E-state index contributed by atoms with van der Waals surface area (Å²) in [6, 6.07) is 8.22. The highest BCUT2D eigenvalue weighted by atomic mass is 16.5. The van der Waals surface area contributed by atoms with Crippen LogP contribution in [0.1, 0.15) is 53.2 Å². The smallest absolute Gasteiger partial charge is 0.257 e. The van der Waals surface area contributed by atoms with E-state index in [1.165, 1.54) is 5.56 Å². The highest BCUT2D eigenvalue weighted by Crippen LogP contribution is 2.43. The average molecular weight is 339 g/mol. The number of carbonyl (C=O) groups is 1. The van der Waals surface area contributed by atoms with Crippen molar-refractivity contribution in [3.8, 4) is 5.69 Å². The summed E-state index contributed by atoms with van der Waals surface area (Å²) in [6.07, 6.45) is 6.15. The largest absolute Gasteiger partial charge is 0.381 e. The normalized spacial score (nSPS) is 18.6. The summed E-state index contributed by atoms with van der Waals surface area (Å²) in [7, 11) is 1.75. The van der Waals surface area contributed by atoms with Crippen LogP contribution in [0.5, 0.6) is 0 Å². The Bertz CT molecular complexity index is 771. The van der Waals surface area contributed by atoms with Crippen LogP contribution in [0.4, 0.5) is 0 Å². The number of hydrogen-bond donors (Lipinski definition) is 0. The second kappa shape index (κ2) is 6.64. The number of rotatable bonds is 4. The van der Waals surface area contributed by atoms with Gasteiger partial charge in [0.2, 0.25) is 0 Å². The number of piperidine rings is 1. The van der Waals surface area contributed by atoms with Crippen LogP contribution in [0.2, 0.25) is 0 Å². The molecule has 0 spiro atoms. The van der Waals surface area contributed by atoms with Crippen molar-refractivity contribution in [3.63, 3.8) is 0 Å². The van der Waals surface area contributed by atoms with Crippen molar-refractivity contribution >= 4 is 5.91 Å². The number of methoxy groups -OCH3 is 1. The Balaban J connectivity index is 1.65. The number of nitrogens with zero attached hydrogens (tertiary/aromatic N) is 3. The fourth-order valence-electron chi connectivity index (χ4n) is 3.73. The van der Waals surface area contributed by atoms with Crippen LogP contribution in [0.3, 0.4) is 0 Å². The van der Waals surface area contributed by atoms with Gasteiger partial charge in [-0.05, 0) is 44.2 Å². The molecule has 1 aromatic heterocycles. The minimum absolute atomic E-state index is 0.122. The van der Waals surface area contributed by atoms with Crippen molar-refractivity contribution in [2.24, 2.45) is 0 Å². The van der Waals surface area contributed by atoms with Gasteiger partial charge in [-0.15, -0.1) is 0 Å². The molecule has 0 atom stereocenters. The second-order valence-corrected chi connectivity index (χ2v) is 7.14. The van der Waals surface area contributed by atoms with Gasteiger partial charge in [-0.25, -0.2) is 4.68 Å². The van der Waals surface area contributed by atoms with Crippen molar-refractivity contribution in [3.05, 3.63) is 47.3 Å². The monoisotopic (exact) mass is 339 g/mol. The molecule has 2 fully saturated rings. The average Bonchev–Trinajstić information content (AvgIpc) is 3.40. The van der Waals surface area contributed by atoms with E-state index >= 15 is 0 Å². The number of hydrogen-bond acceptors (Lipinski definition) is 3. The number of carbonyl (C=O) groups excluding carboxylic acids is 1. The molecule has 0 bridgehead atoms. The Morgan fingerprint density at radius 1 is 1.16 bits per heavy atom. The molecule has 132 valence electrons. The van der Waals surface area contributed by atoms with E-state index < -0.39 is 0 Å². The van der Waals surface area contributed by atoms with E-state index in [9.17, 15) is 4.79 Å². The molecule has 1 saturated carbocycles. The molecule has 0 unspecified atom stereocenters. The van der Waals surface area contributed by atoms with Crippen LogP contribution >= 0.6 is 0 Å². The maximum atomic E-state index is 13.1. The van der Waals surface area contributed by atoms with E-state index in [0.717, 1.165) is 55.7 Å². The van der Waals surface area contributed by atoms with Gasteiger partial charge in [0, 0.05) is 26.1 Å². The van der Waals surface area contributed by atoms with E-state index in [-0.39, 0.29) is 12.0 Å². The lowest BCUT2D eigenvalue weighted by Crippen LogP contribution is -2.40. The molecule has 2 aliphatic rings. The lowest BCUT2D eigenvalue weighted by Gasteiger charge is -2.31. The van der Waals surface area contributed by atoms with Crippen molar-refractivity contribution in [2.75, 3.05) is 20.2 Å². The standard InChI is InChI=1S/C20H25N3O2/c1-14-5-3-4-6-18(14)23-19(15-7-8-15)17(13-21-23)20(24)22-11-9-16(25-2)10-12-22/h3-6,13,15-16H,7-12H2,1-2H3. The third-order valence-electron chi connectivity index (χ3n) is 5.41. The summed E-state index contributed by atoms with van der Waals surface area (Å²) in [4.78, 5) is 15.1. The molecule has 1 aromatic carbocycles. The summed E-state index contributed by atoms with van der Waals surface area (Å²) in [6.45, 7) is 3.61. The summed E-state index contributed by atoms with van der Waals surface area (Å²) < 4.78 is 7.41. The summed E-state index contributed by atoms with van der Waals surface area (Å²) in [5, 5.41) is 4.60. The molecule has 25 heavy (non-hydrogen) atoms. The van der Waals surface area contributed by atoms with Crippen LogP contribution in [-0.2, 0) is 4.74 Å². The molecule has 2 aromatic rings. The van der Waals surface area contributed by atoms with Crippen molar-refractivity contribution in [2.45, 2.75) is 44.6 Å². The number of aryl methyl sites for hydroxylation is 1. The van der Waals surface area contributed by atoms with Gasteiger partial charge < -0.3 is 9.64 Å². The zero-order valence-corrected chi connectivity index (χ0v) is 14.9. The molecule has 1 aliphatic heterocycles. The first kappa shape index (κ1) is 16.3. The quantitative estimate of drug-likeness (QED) is 0.858. The maximum absolute atomic E-state index is 13.1. The Labute approximate surface area is 148 Å². The zero-order valence-electron chi connectivity index (χ0n) is 14.9. The predicted octanol–water partition coefficient (Wildman–Crippen LogP) is 3.31. The van der Waals surface area contributed by atoms with E-state index in [1.54, 1.807) is 13.3 Å². The number of likely N-dealkylation sites (tertiary alicyclic amines) is 1. The van der Waals surface area contributed by atoms with Gasteiger partial charge >= 0.3 is 0 Å². The van der Waals surface area contributed by atoms with E-state index in [4.69, 9.17) is 4.74 Å². The molecule has 0 N–H and O–H groups in total. The third-order valence-corrected chi connectivity index (χ3v) is 5.41. The number of benzene rings is 1. The van der Waals surface area contributed by atoms with Crippen LogP contribution in [0.25, 0.3) is 5.69 Å². The molecular formula is C20H25N3O2. The second-order valence-electron chi connectivity index (χ2n) is 7.14. The van der Waals surface area contributed by atoms with Gasteiger partial charge in [-0.3, -0.25) is 4.79 Å². The summed E-state index contributed by atoms with van der Waals surface area (Å²) in [5.41, 5.74) is 4.11. The molecule has 5 nitrogen and oxygen atoms in total. The number of amides is 1. The van der Waals surface area contributed by atoms with E-state index in [2.05, 4.69) is 24.2 Å². The SMILES string of the molecule is COC1CCN(C(=O)c2cnn(-c3ccccc3C)c2C2CC2)CC1. The lowest BCUT2D eigenvalue weighted by molar-refractivity contribution is 0.0350. The fraction of sp³-hybridized carbons (Fsp3) is 0.500. The molecule has 2 heterocycles. The fourth-order valence-corrected chi connectivity index (χ4v) is 3.73. The van der Waals surface area contributed by atoms with Crippen LogP contribution < -0.4 is 0 Å². The van der Waals surface area contributed by atoms with Gasteiger partial charge in [0.25, 0.3) is 5.91 Å². The van der Waals surface area contributed by atoms with E-state index in [1.807, 2.05) is 21.7 Å². The van der Waals surface area contributed by atoms with Gasteiger partial charge in [0.15, 0.2) is 0 Å². The lowest BCUT2D eigenvalue weighted by atomic mass is 10.1. The number of para-hydroxylation sites is 1. The Morgan fingerprint density at radius 3 is 2.52 bits per heavy atom. The maximum Gasteiger partial charge on any atom is 0.257 e. The molecule has 5 heteroatoms. The summed E-state index contributed by atoms with van der Waals surface area (Å²) >= 11 is 0. The van der Waals surface area contributed by atoms with Crippen molar-refractivity contribution in [1.29, 1.82) is 0 Å². The molecule has 1 saturated heterocycles. The van der Waals surface area contributed by atoms with Gasteiger partial charge in [0.1, 0.15) is 0 Å². The summed E-state index contributed by atoms with van der Waals surface area (Å²) in [5.74, 6) is 0.578. The van der Waals surface area contributed by atoms with Crippen molar-refractivity contribution < 1.29 is 9.53 Å². The third kappa shape index (κ3) is 3.09. The topological polar surface area (TPSA) is 47.4 Å². The highest BCUT2D eigenvalue weighted by molar-refractivity contribution is 5.95. The molecular weight excluding hydrogens is 314 g/mol. The number of aromatic nitrogens is 2. The van der Waals surface area contributed by atoms with Crippen LogP contribution in [-0.4, -0.2) is 46.9 Å². The zero-order chi connectivity index (χ0) is 17.4. The van der Waals surface area contributed by atoms with Crippen LogP contribution in [0.15, 0.2) is 30.5 Å². The Hall–Kier alpha value is -2.14. The Kier molecular flexibility index (Phi) is 4.34. The minimum atomic E-state index is 0.122. The predicted molar refractivity (Wildman–Crippen MR) is 96.2 cm³/mol. The minimum Gasteiger partial charge on any atom is -0.381 e. The first-order valence-corrected chi connectivity index (χ1v) is 9.15. The van der Waals surface area contributed by atoms with Crippen LogP contribution in [0, 0.1) is 6.92 Å². The first-order chi connectivity index (χ1) is 12.2. The van der Waals surface area contributed by atoms with Gasteiger partial charge in [-0.1, -0.05) is 18.2 Å². The molecule has 1 aliphatic carbocycles. The first-order valence-electron chi connectivity index (χ1n) is 9.15. The molecule has 1 amide bonds. The van der Waals surface area contributed by atoms with Gasteiger partial charge in [0.05, 0.1) is 29.2 Å².